The first-order valence-corrected chi connectivity index (χ1v) is 7.19. The van der Waals surface area contributed by atoms with Crippen LogP contribution in [0.15, 0.2) is 36.4 Å². The van der Waals surface area contributed by atoms with Crippen molar-refractivity contribution in [1.29, 1.82) is 0 Å². The van der Waals surface area contributed by atoms with Gasteiger partial charge in [-0.05, 0) is 55.8 Å². The van der Waals surface area contributed by atoms with Crippen molar-refractivity contribution >= 4 is 10.8 Å². The Labute approximate surface area is 115 Å². The van der Waals surface area contributed by atoms with Crippen molar-refractivity contribution in [3.8, 4) is 0 Å². The quantitative estimate of drug-likeness (QED) is 0.879. The smallest absolute Gasteiger partial charge is 0.0473 e. The summed E-state index contributed by atoms with van der Waals surface area (Å²) in [5.74, 6) is 0. The van der Waals surface area contributed by atoms with Crippen LogP contribution in [-0.4, -0.2) is 19.6 Å². The number of hydrogen-bond acceptors (Lipinski definition) is 2. The molecule has 2 nitrogen and oxygen atoms in total. The third-order valence-corrected chi connectivity index (χ3v) is 4.19. The van der Waals surface area contributed by atoms with Gasteiger partial charge < -0.3 is 10.6 Å². The summed E-state index contributed by atoms with van der Waals surface area (Å²) in [5.41, 5.74) is 2.71. The second kappa shape index (κ2) is 5.32. The van der Waals surface area contributed by atoms with Gasteiger partial charge in [0, 0.05) is 12.1 Å². The van der Waals surface area contributed by atoms with Crippen molar-refractivity contribution in [1.82, 2.24) is 10.6 Å². The zero-order valence-electron chi connectivity index (χ0n) is 11.7. The monoisotopic (exact) mass is 254 g/mol. The normalized spacial score (nSPS) is 20.8. The minimum absolute atomic E-state index is 0.410. The number of aryl methyl sites for hydroxylation is 1. The van der Waals surface area contributed by atoms with E-state index in [-0.39, 0.29) is 0 Å². The third-order valence-electron chi connectivity index (χ3n) is 4.19. The van der Waals surface area contributed by atoms with Gasteiger partial charge in [-0.1, -0.05) is 35.9 Å². The lowest BCUT2D eigenvalue weighted by Gasteiger charge is -2.24. The van der Waals surface area contributed by atoms with Crippen LogP contribution in [0.25, 0.3) is 10.8 Å². The standard InChI is InChI=1S/C17H22N2/c1-12-5-6-14-11-15(8-7-13(14)10-12)17(18-2)16-4-3-9-19-16/h5-8,10-11,16-19H,3-4,9H2,1-2H3. The summed E-state index contributed by atoms with van der Waals surface area (Å²) < 4.78 is 0. The molecule has 0 saturated carbocycles. The van der Waals surface area contributed by atoms with E-state index in [1.807, 2.05) is 0 Å². The third kappa shape index (κ3) is 2.51. The van der Waals surface area contributed by atoms with Gasteiger partial charge in [0.2, 0.25) is 0 Å². The fraction of sp³-hybridized carbons (Fsp3) is 0.412. The Morgan fingerprint density at radius 3 is 2.68 bits per heavy atom. The molecule has 3 rings (SSSR count). The molecule has 0 bridgehead atoms. The van der Waals surface area contributed by atoms with Crippen LogP contribution in [0.4, 0.5) is 0 Å². The van der Waals surface area contributed by atoms with Crippen LogP contribution in [0.3, 0.4) is 0 Å². The lowest BCUT2D eigenvalue weighted by molar-refractivity contribution is 0.441. The van der Waals surface area contributed by atoms with Gasteiger partial charge in [-0.25, -0.2) is 0 Å². The summed E-state index contributed by atoms with van der Waals surface area (Å²) in [6, 6.07) is 14.5. The Kier molecular flexibility index (Phi) is 3.54. The molecule has 0 spiro atoms. The molecule has 1 aliphatic heterocycles. The van der Waals surface area contributed by atoms with Gasteiger partial charge in [-0.2, -0.15) is 0 Å². The number of nitrogens with one attached hydrogen (secondary N) is 2. The van der Waals surface area contributed by atoms with E-state index in [0.29, 0.717) is 12.1 Å². The number of benzene rings is 2. The number of likely N-dealkylation sites (N-methyl/N-ethyl adjacent to an activating group) is 1. The van der Waals surface area contributed by atoms with E-state index in [4.69, 9.17) is 0 Å². The van der Waals surface area contributed by atoms with E-state index < -0.39 is 0 Å². The molecular formula is C17H22N2. The van der Waals surface area contributed by atoms with Crippen molar-refractivity contribution < 1.29 is 0 Å². The SMILES string of the molecule is CNC(c1ccc2cc(C)ccc2c1)C1CCCN1. The van der Waals surface area contributed by atoms with Crippen LogP contribution in [-0.2, 0) is 0 Å². The highest BCUT2D eigenvalue weighted by Crippen LogP contribution is 2.26. The van der Waals surface area contributed by atoms with Crippen LogP contribution in [0.5, 0.6) is 0 Å². The molecule has 100 valence electrons. The van der Waals surface area contributed by atoms with Crippen LogP contribution in [0.2, 0.25) is 0 Å². The van der Waals surface area contributed by atoms with Gasteiger partial charge in [0.05, 0.1) is 0 Å². The highest BCUT2D eigenvalue weighted by molar-refractivity contribution is 5.83. The van der Waals surface area contributed by atoms with E-state index >= 15 is 0 Å². The molecule has 2 heteroatoms. The van der Waals surface area contributed by atoms with E-state index in [0.717, 1.165) is 6.54 Å². The van der Waals surface area contributed by atoms with Crippen LogP contribution < -0.4 is 10.6 Å². The van der Waals surface area contributed by atoms with Gasteiger partial charge in [0.15, 0.2) is 0 Å². The molecule has 19 heavy (non-hydrogen) atoms. The predicted molar refractivity (Wildman–Crippen MR) is 81.5 cm³/mol. The number of hydrogen-bond donors (Lipinski definition) is 2. The molecule has 1 saturated heterocycles. The summed E-state index contributed by atoms with van der Waals surface area (Å²) in [4.78, 5) is 0. The molecule has 1 aliphatic rings. The van der Waals surface area contributed by atoms with E-state index in [1.165, 1.54) is 34.7 Å². The van der Waals surface area contributed by atoms with Crippen molar-refractivity contribution in [2.45, 2.75) is 31.8 Å². The summed E-state index contributed by atoms with van der Waals surface area (Å²) in [5, 5.41) is 9.74. The number of rotatable bonds is 3. The second-order valence-electron chi connectivity index (χ2n) is 5.58. The Bertz CT molecular complexity index is 570. The molecule has 1 fully saturated rings. The molecule has 2 atom stereocenters. The van der Waals surface area contributed by atoms with Crippen molar-refractivity contribution in [3.05, 3.63) is 47.5 Å². The Hall–Kier alpha value is -1.38. The molecule has 1 heterocycles. The van der Waals surface area contributed by atoms with Gasteiger partial charge >= 0.3 is 0 Å². The maximum Gasteiger partial charge on any atom is 0.0473 e. The number of fused-ring (bicyclic) bond motifs is 1. The summed E-state index contributed by atoms with van der Waals surface area (Å²) in [6.45, 7) is 3.29. The highest BCUT2D eigenvalue weighted by Gasteiger charge is 2.24. The lowest BCUT2D eigenvalue weighted by Crippen LogP contribution is -2.36. The maximum absolute atomic E-state index is 3.60. The topological polar surface area (TPSA) is 24.1 Å². The summed E-state index contributed by atoms with van der Waals surface area (Å²) in [7, 11) is 2.06. The Morgan fingerprint density at radius 1 is 1.16 bits per heavy atom. The average molecular weight is 254 g/mol. The molecule has 2 unspecified atom stereocenters. The van der Waals surface area contributed by atoms with Gasteiger partial charge in [-0.3, -0.25) is 0 Å². The summed E-state index contributed by atoms with van der Waals surface area (Å²) >= 11 is 0. The molecule has 2 N–H and O–H groups in total. The first-order valence-electron chi connectivity index (χ1n) is 7.19. The van der Waals surface area contributed by atoms with E-state index in [9.17, 15) is 0 Å². The predicted octanol–water partition coefficient (Wildman–Crippen LogP) is 3.16. The van der Waals surface area contributed by atoms with Crippen LogP contribution in [0, 0.1) is 6.92 Å². The van der Waals surface area contributed by atoms with Crippen molar-refractivity contribution in [3.63, 3.8) is 0 Å². The first kappa shape index (κ1) is 12.6. The van der Waals surface area contributed by atoms with Gasteiger partial charge in [-0.15, -0.1) is 0 Å². The van der Waals surface area contributed by atoms with Crippen LogP contribution in [0.1, 0.15) is 30.0 Å². The molecule has 0 aliphatic carbocycles. The zero-order chi connectivity index (χ0) is 13.2. The Balaban J connectivity index is 1.96. The minimum atomic E-state index is 0.410. The van der Waals surface area contributed by atoms with Crippen molar-refractivity contribution in [2.75, 3.05) is 13.6 Å². The fourth-order valence-electron chi connectivity index (χ4n) is 3.17. The zero-order valence-corrected chi connectivity index (χ0v) is 11.7. The molecular weight excluding hydrogens is 232 g/mol. The lowest BCUT2D eigenvalue weighted by atomic mass is 9.95. The van der Waals surface area contributed by atoms with E-state index in [2.05, 4.69) is 61.0 Å². The first-order chi connectivity index (χ1) is 9.28. The molecule has 0 radical (unpaired) electrons. The van der Waals surface area contributed by atoms with E-state index in [1.54, 1.807) is 0 Å². The Morgan fingerprint density at radius 2 is 1.95 bits per heavy atom. The van der Waals surface area contributed by atoms with Gasteiger partial charge in [0.25, 0.3) is 0 Å². The largest absolute Gasteiger partial charge is 0.312 e. The van der Waals surface area contributed by atoms with Crippen molar-refractivity contribution in [2.24, 2.45) is 0 Å². The molecule has 2 aromatic rings. The molecule has 2 aromatic carbocycles. The van der Waals surface area contributed by atoms with Gasteiger partial charge in [0.1, 0.15) is 0 Å². The second-order valence-corrected chi connectivity index (χ2v) is 5.58. The maximum atomic E-state index is 3.60. The molecule has 0 amide bonds. The average Bonchev–Trinajstić information content (AvgIpc) is 2.93. The minimum Gasteiger partial charge on any atom is -0.312 e. The fourth-order valence-corrected chi connectivity index (χ4v) is 3.17. The van der Waals surface area contributed by atoms with Crippen LogP contribution >= 0.6 is 0 Å². The summed E-state index contributed by atoms with van der Waals surface area (Å²) in [6.07, 6.45) is 2.55. The highest BCUT2D eigenvalue weighted by atomic mass is 15.0. The molecule has 0 aromatic heterocycles.